The number of hydrogen-bond donors (Lipinski definition) is 2. The van der Waals surface area contributed by atoms with Crippen molar-refractivity contribution in [2.24, 2.45) is 7.05 Å². The zero-order valence-electron chi connectivity index (χ0n) is 11.3. The topological polar surface area (TPSA) is 84.3 Å². The predicted octanol–water partition coefficient (Wildman–Crippen LogP) is 1.67. The van der Waals surface area contributed by atoms with Gasteiger partial charge in [-0.1, -0.05) is 11.3 Å². The first-order chi connectivity index (χ1) is 10.0. The number of pyridine rings is 1. The summed E-state index contributed by atoms with van der Waals surface area (Å²) in [6.07, 6.45) is 0. The number of methoxy groups -OCH3 is 1. The molecular weight excluding hydrogens is 292 g/mol. The average molecular weight is 304 g/mol. The van der Waals surface area contributed by atoms with E-state index in [2.05, 4.69) is 4.98 Å². The van der Waals surface area contributed by atoms with Gasteiger partial charge in [-0.2, -0.15) is 0 Å². The third kappa shape index (κ3) is 2.02. The number of thiazole rings is 1. The molecule has 0 aliphatic heterocycles. The van der Waals surface area contributed by atoms with Gasteiger partial charge in [0.1, 0.15) is 10.6 Å². The van der Waals surface area contributed by atoms with E-state index in [1.165, 1.54) is 17.7 Å². The summed E-state index contributed by atoms with van der Waals surface area (Å²) in [6.45, 7) is 0. The number of aryl methyl sites for hydroxylation is 1. The summed E-state index contributed by atoms with van der Waals surface area (Å²) in [5, 5.41) is 10.6. The van der Waals surface area contributed by atoms with E-state index in [1.54, 1.807) is 25.2 Å². The summed E-state index contributed by atoms with van der Waals surface area (Å²) in [4.78, 5) is 25.7. The van der Waals surface area contributed by atoms with Crippen molar-refractivity contribution in [2.45, 2.75) is 0 Å². The lowest BCUT2D eigenvalue weighted by molar-refractivity contribution is 0.417. The summed E-state index contributed by atoms with van der Waals surface area (Å²) >= 11 is 0.916. The molecule has 21 heavy (non-hydrogen) atoms. The fourth-order valence-corrected chi connectivity index (χ4v) is 3.11. The molecule has 7 heteroatoms. The molecule has 2 heterocycles. The minimum absolute atomic E-state index is 0.163. The van der Waals surface area contributed by atoms with Crippen LogP contribution in [0.4, 0.5) is 0 Å². The van der Waals surface area contributed by atoms with E-state index in [4.69, 9.17) is 4.74 Å². The number of fused-ring (bicyclic) bond motifs is 1. The quantitative estimate of drug-likeness (QED) is 0.754. The highest BCUT2D eigenvalue weighted by Gasteiger charge is 2.16. The summed E-state index contributed by atoms with van der Waals surface area (Å²) in [5.74, 6) is 0.377. The number of aromatic amines is 1. The summed E-state index contributed by atoms with van der Waals surface area (Å²) in [6, 6.07) is 6.57. The number of aromatic nitrogens is 2. The molecule has 0 atom stereocenters. The van der Waals surface area contributed by atoms with Crippen LogP contribution in [-0.4, -0.2) is 21.8 Å². The fourth-order valence-electron chi connectivity index (χ4n) is 2.34. The number of nitrogens with one attached hydrogen (secondary N) is 1. The van der Waals surface area contributed by atoms with Crippen molar-refractivity contribution in [3.05, 3.63) is 44.3 Å². The van der Waals surface area contributed by atoms with Gasteiger partial charge in [-0.25, -0.2) is 0 Å². The number of benzene rings is 1. The zero-order chi connectivity index (χ0) is 15.1. The molecule has 0 unspecified atom stereocenters. The highest BCUT2D eigenvalue weighted by molar-refractivity contribution is 7.13. The van der Waals surface area contributed by atoms with Crippen LogP contribution in [0.15, 0.2) is 33.9 Å². The maximum Gasteiger partial charge on any atom is 0.307 e. The van der Waals surface area contributed by atoms with Gasteiger partial charge in [0.15, 0.2) is 0 Å². The molecule has 0 amide bonds. The Labute approximate surface area is 122 Å². The van der Waals surface area contributed by atoms with Crippen LogP contribution in [-0.2, 0) is 7.05 Å². The van der Waals surface area contributed by atoms with Gasteiger partial charge < -0.3 is 14.4 Å². The fraction of sp³-hybridized carbons (Fsp3) is 0.143. The van der Waals surface area contributed by atoms with Crippen molar-refractivity contribution < 1.29 is 9.84 Å². The van der Waals surface area contributed by atoms with Gasteiger partial charge in [0.2, 0.25) is 5.88 Å². The number of H-pyrrole nitrogens is 1. The molecule has 0 saturated heterocycles. The first kappa shape index (κ1) is 13.4. The van der Waals surface area contributed by atoms with Crippen LogP contribution >= 0.6 is 11.3 Å². The van der Waals surface area contributed by atoms with E-state index in [0.29, 0.717) is 21.7 Å². The van der Waals surface area contributed by atoms with Gasteiger partial charge in [0.25, 0.3) is 5.56 Å². The Balaban J connectivity index is 2.47. The van der Waals surface area contributed by atoms with Crippen molar-refractivity contribution in [3.63, 3.8) is 0 Å². The van der Waals surface area contributed by atoms with E-state index >= 15 is 0 Å². The number of hydrogen-bond acceptors (Lipinski definition) is 5. The van der Waals surface area contributed by atoms with Crippen molar-refractivity contribution >= 4 is 22.2 Å². The second-order valence-corrected chi connectivity index (χ2v) is 5.48. The molecule has 0 saturated carbocycles. The number of nitrogens with zero attached hydrogens (tertiary/aromatic N) is 1. The standard InChI is InChI=1S/C14H12N2O4S/c1-16-10(17)6-4-7-8(3-5-9(20-2)11(7)16)12-13(18)15-14(19)21-12/h3-6,18H,1-2H3,(H,15,19). The Morgan fingerprint density at radius 2 is 2.00 bits per heavy atom. The van der Waals surface area contributed by atoms with E-state index in [0.717, 1.165) is 16.7 Å². The Bertz CT molecular complexity index is 952. The normalized spacial score (nSPS) is 11.0. The SMILES string of the molecule is COc1ccc(-c2sc(=O)[nH]c2O)c2ccc(=O)n(C)c12. The maximum atomic E-state index is 11.8. The van der Waals surface area contributed by atoms with Crippen LogP contribution in [0, 0.1) is 0 Å². The van der Waals surface area contributed by atoms with Crippen LogP contribution in [0.2, 0.25) is 0 Å². The minimum atomic E-state index is -0.337. The molecule has 108 valence electrons. The first-order valence-electron chi connectivity index (χ1n) is 6.12. The van der Waals surface area contributed by atoms with Crippen LogP contribution in [0.3, 0.4) is 0 Å². The summed E-state index contributed by atoms with van der Waals surface area (Å²) in [7, 11) is 3.18. The van der Waals surface area contributed by atoms with Gasteiger partial charge in [0, 0.05) is 24.1 Å². The zero-order valence-corrected chi connectivity index (χ0v) is 12.2. The van der Waals surface area contributed by atoms with E-state index in [1.807, 2.05) is 0 Å². The molecular formula is C14H12N2O4S. The molecule has 0 radical (unpaired) electrons. The highest BCUT2D eigenvalue weighted by Crippen LogP contribution is 2.37. The molecule has 0 aliphatic rings. The molecule has 0 fully saturated rings. The van der Waals surface area contributed by atoms with Crippen molar-refractivity contribution in [1.29, 1.82) is 0 Å². The Morgan fingerprint density at radius 3 is 2.62 bits per heavy atom. The molecule has 2 N–H and O–H groups in total. The number of rotatable bonds is 2. The van der Waals surface area contributed by atoms with E-state index in [9.17, 15) is 14.7 Å². The molecule has 0 spiro atoms. The summed E-state index contributed by atoms with van der Waals surface area (Å²) < 4.78 is 6.78. The molecule has 2 aromatic heterocycles. The van der Waals surface area contributed by atoms with Gasteiger partial charge in [0.05, 0.1) is 12.6 Å². The Kier molecular flexibility index (Phi) is 3.06. The lowest BCUT2D eigenvalue weighted by atomic mass is 10.1. The van der Waals surface area contributed by atoms with Gasteiger partial charge >= 0.3 is 4.87 Å². The van der Waals surface area contributed by atoms with Gasteiger partial charge in [-0.05, 0) is 18.2 Å². The summed E-state index contributed by atoms with van der Waals surface area (Å²) in [5.41, 5.74) is 1.12. The van der Waals surface area contributed by atoms with E-state index < -0.39 is 0 Å². The first-order valence-corrected chi connectivity index (χ1v) is 6.93. The lowest BCUT2D eigenvalue weighted by Gasteiger charge is -2.12. The van der Waals surface area contributed by atoms with Crippen molar-refractivity contribution in [2.75, 3.05) is 7.11 Å². The monoisotopic (exact) mass is 304 g/mol. The third-order valence-electron chi connectivity index (χ3n) is 3.33. The molecule has 0 bridgehead atoms. The maximum absolute atomic E-state index is 11.8. The molecule has 3 rings (SSSR count). The van der Waals surface area contributed by atoms with Crippen LogP contribution in [0.25, 0.3) is 21.3 Å². The minimum Gasteiger partial charge on any atom is -0.495 e. The average Bonchev–Trinajstić information content (AvgIpc) is 2.80. The number of aromatic hydroxyl groups is 1. The number of ether oxygens (including phenoxy) is 1. The van der Waals surface area contributed by atoms with Crippen LogP contribution < -0.4 is 15.2 Å². The second-order valence-electron chi connectivity index (χ2n) is 4.50. The predicted molar refractivity (Wildman–Crippen MR) is 81.3 cm³/mol. The van der Waals surface area contributed by atoms with Crippen LogP contribution in [0.5, 0.6) is 11.6 Å². The van der Waals surface area contributed by atoms with Crippen molar-refractivity contribution in [1.82, 2.24) is 9.55 Å². The largest absolute Gasteiger partial charge is 0.495 e. The molecule has 6 nitrogen and oxygen atoms in total. The Hall–Kier alpha value is -2.54. The van der Waals surface area contributed by atoms with E-state index in [-0.39, 0.29) is 16.3 Å². The van der Waals surface area contributed by atoms with Gasteiger partial charge in [-0.15, -0.1) is 0 Å². The molecule has 0 aliphatic carbocycles. The third-order valence-corrected chi connectivity index (χ3v) is 4.24. The lowest BCUT2D eigenvalue weighted by Crippen LogP contribution is -2.15. The van der Waals surface area contributed by atoms with Gasteiger partial charge in [-0.3, -0.25) is 14.6 Å². The molecule has 3 aromatic rings. The molecule has 1 aromatic carbocycles. The Morgan fingerprint density at radius 1 is 1.24 bits per heavy atom. The smallest absolute Gasteiger partial charge is 0.307 e. The highest BCUT2D eigenvalue weighted by atomic mass is 32.1. The van der Waals surface area contributed by atoms with Crippen molar-refractivity contribution in [3.8, 4) is 22.1 Å². The van der Waals surface area contributed by atoms with Crippen LogP contribution in [0.1, 0.15) is 0 Å². The second kappa shape index (κ2) is 4.78.